The summed E-state index contributed by atoms with van der Waals surface area (Å²) in [7, 11) is 0. The minimum absolute atomic E-state index is 0.373. The molecule has 0 aliphatic heterocycles. The summed E-state index contributed by atoms with van der Waals surface area (Å²) in [6.07, 6.45) is 3.49. The van der Waals surface area contributed by atoms with E-state index in [9.17, 15) is 4.79 Å². The lowest BCUT2D eigenvalue weighted by Gasteiger charge is -2.01. The van der Waals surface area contributed by atoms with Crippen LogP contribution in [0.2, 0.25) is 0 Å². The molecule has 86 valence electrons. The second kappa shape index (κ2) is 7.51. The Kier molecular flexibility index (Phi) is 5.78. The minimum Gasteiger partial charge on any atom is -0.501 e. The van der Waals surface area contributed by atoms with E-state index in [1.807, 2.05) is 30.3 Å². The van der Waals surface area contributed by atoms with Gasteiger partial charge in [0.25, 0.3) is 0 Å². The highest BCUT2D eigenvalue weighted by Gasteiger charge is 1.93. The van der Waals surface area contributed by atoms with Gasteiger partial charge in [-0.3, -0.25) is 0 Å². The normalized spacial score (nSPS) is 10.3. The van der Waals surface area contributed by atoms with Crippen molar-refractivity contribution in [2.45, 2.75) is 13.3 Å². The fourth-order valence-electron chi connectivity index (χ4n) is 1.18. The Morgan fingerprint density at radius 2 is 2.06 bits per heavy atom. The summed E-state index contributed by atoms with van der Waals surface area (Å²) >= 11 is 0. The predicted molar refractivity (Wildman–Crippen MR) is 61.9 cm³/mol. The smallest absolute Gasteiger partial charge is 0.333 e. The maximum Gasteiger partial charge on any atom is 0.333 e. The lowest BCUT2D eigenvalue weighted by Crippen LogP contribution is -2.00. The lowest BCUT2D eigenvalue weighted by atomic mass is 10.2. The van der Waals surface area contributed by atoms with Gasteiger partial charge in [0.2, 0.25) is 0 Å². The van der Waals surface area contributed by atoms with Gasteiger partial charge in [-0.2, -0.15) is 0 Å². The number of hydrogen-bond donors (Lipinski definition) is 0. The zero-order chi connectivity index (χ0) is 11.6. The van der Waals surface area contributed by atoms with Crippen LogP contribution in [0.1, 0.15) is 12.5 Å². The molecule has 1 aromatic carbocycles. The summed E-state index contributed by atoms with van der Waals surface area (Å²) in [5, 5.41) is 0. The standard InChI is InChI=1S/C13H16O3/c1-2-16-13(14)9-11-15-10-8-12-6-4-3-5-7-12/h3-7,9,11H,2,8,10H2,1H3/b11-9+. The molecular formula is C13H16O3. The number of carbonyl (C=O) groups excluding carboxylic acids is 1. The van der Waals surface area contributed by atoms with Gasteiger partial charge in [0.1, 0.15) is 0 Å². The first kappa shape index (κ1) is 12.3. The summed E-state index contributed by atoms with van der Waals surface area (Å²) in [4.78, 5) is 10.9. The minimum atomic E-state index is -0.373. The molecule has 0 saturated heterocycles. The number of esters is 1. The Bertz CT molecular complexity index is 330. The van der Waals surface area contributed by atoms with Gasteiger partial charge in [0.05, 0.1) is 25.6 Å². The van der Waals surface area contributed by atoms with Crippen LogP contribution in [0.4, 0.5) is 0 Å². The number of benzene rings is 1. The first-order valence-corrected chi connectivity index (χ1v) is 5.31. The third-order valence-corrected chi connectivity index (χ3v) is 1.94. The van der Waals surface area contributed by atoms with Gasteiger partial charge in [-0.25, -0.2) is 4.79 Å². The number of hydrogen-bond acceptors (Lipinski definition) is 3. The number of rotatable bonds is 6. The molecule has 0 aliphatic carbocycles. The molecule has 1 aromatic rings. The zero-order valence-corrected chi connectivity index (χ0v) is 9.39. The average Bonchev–Trinajstić information content (AvgIpc) is 2.30. The Morgan fingerprint density at radius 3 is 2.75 bits per heavy atom. The molecule has 0 bridgehead atoms. The third-order valence-electron chi connectivity index (χ3n) is 1.94. The van der Waals surface area contributed by atoms with E-state index in [-0.39, 0.29) is 5.97 Å². The van der Waals surface area contributed by atoms with Crippen molar-refractivity contribution in [3.63, 3.8) is 0 Å². The Labute approximate surface area is 95.7 Å². The van der Waals surface area contributed by atoms with E-state index in [0.29, 0.717) is 13.2 Å². The summed E-state index contributed by atoms with van der Waals surface area (Å²) in [6, 6.07) is 10.0. The van der Waals surface area contributed by atoms with Crippen LogP contribution in [0.25, 0.3) is 0 Å². The van der Waals surface area contributed by atoms with Crippen LogP contribution in [0, 0.1) is 0 Å². The largest absolute Gasteiger partial charge is 0.501 e. The van der Waals surface area contributed by atoms with Crippen molar-refractivity contribution in [3.8, 4) is 0 Å². The van der Waals surface area contributed by atoms with Gasteiger partial charge in [0.15, 0.2) is 0 Å². The van der Waals surface area contributed by atoms with Crippen molar-refractivity contribution >= 4 is 5.97 Å². The topological polar surface area (TPSA) is 35.5 Å². The highest BCUT2D eigenvalue weighted by molar-refractivity contribution is 5.81. The van der Waals surface area contributed by atoms with Crippen molar-refractivity contribution < 1.29 is 14.3 Å². The van der Waals surface area contributed by atoms with E-state index >= 15 is 0 Å². The van der Waals surface area contributed by atoms with Crippen LogP contribution in [0.15, 0.2) is 42.7 Å². The van der Waals surface area contributed by atoms with Crippen LogP contribution in [-0.2, 0) is 20.7 Å². The van der Waals surface area contributed by atoms with Gasteiger partial charge < -0.3 is 9.47 Å². The van der Waals surface area contributed by atoms with E-state index in [1.54, 1.807) is 6.92 Å². The van der Waals surface area contributed by atoms with Crippen LogP contribution in [0.5, 0.6) is 0 Å². The maximum atomic E-state index is 10.9. The first-order valence-electron chi connectivity index (χ1n) is 5.31. The summed E-state index contributed by atoms with van der Waals surface area (Å²) < 4.78 is 9.87. The number of carbonyl (C=O) groups is 1. The quantitative estimate of drug-likeness (QED) is 0.319. The molecule has 0 atom stereocenters. The van der Waals surface area contributed by atoms with Gasteiger partial charge in [-0.05, 0) is 12.5 Å². The molecule has 0 aliphatic rings. The molecule has 0 amide bonds. The second-order valence-electron chi connectivity index (χ2n) is 3.16. The first-order chi connectivity index (χ1) is 7.83. The van der Waals surface area contributed by atoms with Crippen molar-refractivity contribution in [3.05, 3.63) is 48.2 Å². The maximum absolute atomic E-state index is 10.9. The molecule has 0 radical (unpaired) electrons. The third kappa shape index (κ3) is 5.20. The molecule has 1 rings (SSSR count). The average molecular weight is 220 g/mol. The van der Waals surface area contributed by atoms with Gasteiger partial charge in [-0.1, -0.05) is 30.3 Å². The van der Waals surface area contributed by atoms with Crippen LogP contribution in [-0.4, -0.2) is 19.2 Å². The Hall–Kier alpha value is -1.77. The van der Waals surface area contributed by atoms with Crippen molar-refractivity contribution in [1.82, 2.24) is 0 Å². The summed E-state index contributed by atoms with van der Waals surface area (Å²) in [5.74, 6) is -0.373. The molecule has 0 heterocycles. The number of ether oxygens (including phenoxy) is 2. The molecule has 0 spiro atoms. The zero-order valence-electron chi connectivity index (χ0n) is 9.39. The van der Waals surface area contributed by atoms with E-state index in [4.69, 9.17) is 9.47 Å². The van der Waals surface area contributed by atoms with Crippen LogP contribution in [0.3, 0.4) is 0 Å². The monoisotopic (exact) mass is 220 g/mol. The lowest BCUT2D eigenvalue weighted by molar-refractivity contribution is -0.137. The van der Waals surface area contributed by atoms with Gasteiger partial charge >= 0.3 is 5.97 Å². The molecule has 3 nitrogen and oxygen atoms in total. The second-order valence-corrected chi connectivity index (χ2v) is 3.16. The highest BCUT2D eigenvalue weighted by atomic mass is 16.5. The highest BCUT2D eigenvalue weighted by Crippen LogP contribution is 1.99. The predicted octanol–water partition coefficient (Wildman–Crippen LogP) is 2.32. The summed E-state index contributed by atoms with van der Waals surface area (Å²) in [5.41, 5.74) is 1.21. The summed E-state index contributed by atoms with van der Waals surface area (Å²) in [6.45, 7) is 2.70. The van der Waals surface area contributed by atoms with Gasteiger partial charge in [-0.15, -0.1) is 0 Å². The Balaban J connectivity index is 2.15. The van der Waals surface area contributed by atoms with E-state index in [0.717, 1.165) is 6.42 Å². The molecule has 0 unspecified atom stereocenters. The molecule has 0 fully saturated rings. The molecule has 16 heavy (non-hydrogen) atoms. The molecule has 0 aromatic heterocycles. The van der Waals surface area contributed by atoms with Crippen molar-refractivity contribution in [2.24, 2.45) is 0 Å². The molecule has 0 N–H and O–H groups in total. The van der Waals surface area contributed by atoms with E-state index < -0.39 is 0 Å². The van der Waals surface area contributed by atoms with Crippen LogP contribution < -0.4 is 0 Å². The fraction of sp³-hybridized carbons (Fsp3) is 0.308. The Morgan fingerprint density at radius 1 is 1.31 bits per heavy atom. The molecular weight excluding hydrogens is 204 g/mol. The molecule has 3 heteroatoms. The van der Waals surface area contributed by atoms with Gasteiger partial charge in [0, 0.05) is 6.42 Å². The van der Waals surface area contributed by atoms with Crippen LogP contribution >= 0.6 is 0 Å². The fourth-order valence-corrected chi connectivity index (χ4v) is 1.18. The van der Waals surface area contributed by atoms with E-state index in [1.165, 1.54) is 17.9 Å². The SMILES string of the molecule is CCOC(=O)/C=C/OCCc1ccccc1. The molecule has 0 saturated carbocycles. The van der Waals surface area contributed by atoms with E-state index in [2.05, 4.69) is 0 Å². The van der Waals surface area contributed by atoms with Crippen molar-refractivity contribution in [1.29, 1.82) is 0 Å². The van der Waals surface area contributed by atoms with Crippen molar-refractivity contribution in [2.75, 3.05) is 13.2 Å².